The van der Waals surface area contributed by atoms with Crippen LogP contribution in [-0.4, -0.2) is 256 Å². The molecule has 0 atom stereocenters. The average molecular weight is 856 g/mol. The molecule has 0 unspecified atom stereocenters. The number of likely N-dealkylation sites (N-methyl/N-ethyl adjacent to an activating group) is 9. The van der Waals surface area contributed by atoms with Crippen LogP contribution in [0, 0.1) is 0 Å². The lowest BCUT2D eigenvalue weighted by atomic mass is 9.88. The third-order valence-electron chi connectivity index (χ3n) is 13.5. The second kappa shape index (κ2) is 19.0. The number of hydrogen-bond acceptors (Lipinski definition) is 6. The minimum atomic E-state index is -2.23. The van der Waals surface area contributed by atoms with Gasteiger partial charge >= 0.3 is 0 Å². The van der Waals surface area contributed by atoms with Crippen molar-refractivity contribution in [2.24, 2.45) is 45.6 Å². The first-order valence-electron chi connectivity index (χ1n) is 21.0. The highest BCUT2D eigenvalue weighted by atomic mass is 31.2. The highest BCUT2D eigenvalue weighted by Crippen LogP contribution is 2.60. The van der Waals surface area contributed by atoms with E-state index in [0.717, 1.165) is 118 Å². The maximum Gasteiger partial charge on any atom is 0.194 e. The number of hydrogen-bond donors (Lipinski definition) is 0. The van der Waals surface area contributed by atoms with Crippen molar-refractivity contribution < 1.29 is 0 Å². The quantitative estimate of drug-likeness (QED) is 0.218. The van der Waals surface area contributed by atoms with Gasteiger partial charge in [0.15, 0.2) is 22.5 Å². The molecule has 0 aromatic rings. The molecule has 0 aromatic heterocycles. The highest BCUT2D eigenvalue weighted by Gasteiger charge is 2.42. The lowest BCUT2D eigenvalue weighted by Gasteiger charge is -2.49. The Morgan fingerprint density at radius 3 is 0.632 bits per heavy atom. The van der Waals surface area contributed by atoms with Crippen LogP contribution >= 0.6 is 22.5 Å². The molecule has 10 rings (SSSR count). The monoisotopic (exact) mass is 856 g/mol. The zero-order chi connectivity index (χ0) is 40.4. The Hall–Kier alpha value is -0.990. The standard InChI is InChI=1S/C33H72N21P3/c1-43-10-19-52-20-11-44(2)55(43,45(3)12-21-52)40-37-34-31-28-32(35-38-41-56-46(4)13-22-53(23-14-47(56)5)24-15-48(56)6)30-33(29-31)36-39-42-57-49(7)16-25-54(26-17-50(57)8)27-18-51(57)9/h31-33H,10-30H2,1-9H3. The summed E-state index contributed by atoms with van der Waals surface area (Å²) < 4.78 is 21.8. The molecule has 9 saturated heterocycles. The molecule has 324 valence electrons. The fraction of sp³-hybridized carbons (Fsp3) is 1.00. The molecular weight excluding hydrogens is 783 g/mol. The van der Waals surface area contributed by atoms with Crippen molar-refractivity contribution in [2.45, 2.75) is 37.4 Å². The van der Waals surface area contributed by atoms with Gasteiger partial charge in [-0.25, -0.2) is 42.0 Å². The first kappa shape index (κ1) is 44.1. The fourth-order valence-corrected chi connectivity index (χ4v) is 19.3. The third-order valence-corrected chi connectivity index (χ3v) is 24.5. The van der Waals surface area contributed by atoms with E-state index >= 15 is 0 Å². The van der Waals surface area contributed by atoms with Crippen LogP contribution in [0.3, 0.4) is 0 Å². The van der Waals surface area contributed by atoms with E-state index in [1.807, 2.05) is 0 Å². The van der Waals surface area contributed by atoms with Gasteiger partial charge in [0, 0.05) is 118 Å². The van der Waals surface area contributed by atoms with Crippen molar-refractivity contribution in [1.29, 1.82) is 0 Å². The van der Waals surface area contributed by atoms with E-state index in [-0.39, 0.29) is 18.1 Å². The fourth-order valence-electron chi connectivity index (χ4n) is 9.71. The molecule has 1 saturated carbocycles. The maximum absolute atomic E-state index is 5.17. The Kier molecular flexibility index (Phi) is 14.7. The van der Waals surface area contributed by atoms with Crippen LogP contribution in [0.2, 0.25) is 0 Å². The Labute approximate surface area is 342 Å². The molecule has 9 heterocycles. The van der Waals surface area contributed by atoms with E-state index in [9.17, 15) is 0 Å². The van der Waals surface area contributed by atoms with Crippen LogP contribution in [0.1, 0.15) is 19.3 Å². The Morgan fingerprint density at radius 2 is 0.456 bits per heavy atom. The van der Waals surface area contributed by atoms with Gasteiger partial charge < -0.3 is 0 Å². The molecular formula is C33H72N21P3. The lowest BCUT2D eigenvalue weighted by Crippen LogP contribution is -2.51. The topological polar surface area (TPSA) is 150 Å². The largest absolute Gasteiger partial charge is 0.299 e. The van der Waals surface area contributed by atoms with Crippen LogP contribution in [0.25, 0.3) is 0 Å². The summed E-state index contributed by atoms with van der Waals surface area (Å²) in [6, 6.07) is -0.378. The molecule has 57 heavy (non-hydrogen) atoms. The SMILES string of the molecule is CN1CCN2CCN(C)P1(=NN=NC1CC(N=NN=P34N(C)CCN(CCN3C)CCN4C)CC(N=NN=P34N(C)CCN(CCN3C)CCN4C)C1)N(C)CC2. The summed E-state index contributed by atoms with van der Waals surface area (Å²) in [5.74, 6) is 0. The third kappa shape index (κ3) is 9.01. The van der Waals surface area contributed by atoms with E-state index in [1.165, 1.54) is 0 Å². The van der Waals surface area contributed by atoms with Crippen molar-refractivity contribution in [2.75, 3.05) is 181 Å². The normalized spacial score (nSPS) is 41.4. The van der Waals surface area contributed by atoms with E-state index in [1.54, 1.807) is 0 Å². The molecule has 24 heteroatoms. The second-order valence-electron chi connectivity index (χ2n) is 17.1. The van der Waals surface area contributed by atoms with Gasteiger partial charge in [-0.05, 0) is 98.4 Å². The van der Waals surface area contributed by atoms with E-state index < -0.39 is 22.5 Å². The van der Waals surface area contributed by atoms with Gasteiger partial charge in [0.2, 0.25) is 0 Å². The first-order valence-corrected chi connectivity index (χ1v) is 25.8. The van der Waals surface area contributed by atoms with Gasteiger partial charge in [0.05, 0.1) is 18.1 Å². The van der Waals surface area contributed by atoms with Gasteiger partial charge in [0.25, 0.3) is 0 Å². The average Bonchev–Trinajstić information content (AvgIpc) is 3.17. The van der Waals surface area contributed by atoms with Gasteiger partial charge in [-0.3, -0.25) is 14.7 Å². The molecule has 10 fully saturated rings. The Bertz CT molecular complexity index is 1320. The zero-order valence-corrected chi connectivity index (χ0v) is 39.0. The number of fused-ring (bicyclic) bond motifs is 18. The van der Waals surface area contributed by atoms with Crippen molar-refractivity contribution in [3.8, 4) is 0 Å². The summed E-state index contributed by atoms with van der Waals surface area (Å²) in [5, 5.41) is 29.1. The van der Waals surface area contributed by atoms with E-state index in [0.29, 0.717) is 19.3 Å². The Balaban J connectivity index is 1.20. The minimum Gasteiger partial charge on any atom is -0.299 e. The predicted molar refractivity (Wildman–Crippen MR) is 231 cm³/mol. The molecule has 21 nitrogen and oxygen atoms in total. The minimum absolute atomic E-state index is 0.126. The van der Waals surface area contributed by atoms with Crippen LogP contribution in [0.15, 0.2) is 45.6 Å². The van der Waals surface area contributed by atoms with Gasteiger partial charge in [-0.1, -0.05) is 0 Å². The highest BCUT2D eigenvalue weighted by molar-refractivity contribution is 7.59. The summed E-state index contributed by atoms with van der Waals surface area (Å²) >= 11 is 0. The summed E-state index contributed by atoms with van der Waals surface area (Å²) in [6.07, 6.45) is 2.14. The predicted octanol–water partition coefficient (Wildman–Crippen LogP) is 3.59. The zero-order valence-electron chi connectivity index (χ0n) is 36.3. The molecule has 9 aliphatic heterocycles. The van der Waals surface area contributed by atoms with Crippen LogP contribution in [0.5, 0.6) is 0 Å². The van der Waals surface area contributed by atoms with Gasteiger partial charge in [-0.2, -0.15) is 15.3 Å². The van der Waals surface area contributed by atoms with Crippen molar-refractivity contribution >= 4 is 22.5 Å². The first-order chi connectivity index (χ1) is 27.4. The van der Waals surface area contributed by atoms with Crippen molar-refractivity contribution in [1.82, 2.24) is 56.7 Å². The molecule has 10 aliphatic rings. The smallest absolute Gasteiger partial charge is 0.194 e. The molecule has 1 aliphatic carbocycles. The molecule has 0 N–H and O–H groups in total. The van der Waals surface area contributed by atoms with Gasteiger partial charge in [0.1, 0.15) is 0 Å². The Morgan fingerprint density at radius 1 is 0.281 bits per heavy atom. The summed E-state index contributed by atoms with van der Waals surface area (Å²) in [7, 11) is 13.1. The lowest BCUT2D eigenvalue weighted by molar-refractivity contribution is 0.185. The molecule has 6 bridgehead atoms. The van der Waals surface area contributed by atoms with Gasteiger partial charge in [-0.15, -0.1) is 14.6 Å². The molecule has 0 radical (unpaired) electrons. The van der Waals surface area contributed by atoms with Crippen LogP contribution in [0.4, 0.5) is 0 Å². The summed E-state index contributed by atoms with van der Waals surface area (Å²) in [6.45, 7) is 18.0. The number of nitrogens with zero attached hydrogens (tertiary/aromatic N) is 21. The van der Waals surface area contributed by atoms with Crippen LogP contribution < -0.4 is 0 Å². The molecule has 0 aromatic carbocycles. The number of rotatable bonds is 6. The molecule has 0 amide bonds. The van der Waals surface area contributed by atoms with Crippen molar-refractivity contribution in [3.05, 3.63) is 0 Å². The van der Waals surface area contributed by atoms with E-state index in [4.69, 9.17) is 45.6 Å². The molecule has 0 spiro atoms. The summed E-state index contributed by atoms with van der Waals surface area (Å²) in [5.41, 5.74) is 0. The van der Waals surface area contributed by atoms with E-state index in [2.05, 4.69) is 120 Å². The maximum atomic E-state index is 5.17. The summed E-state index contributed by atoms with van der Waals surface area (Å²) in [4.78, 5) is 23.2. The van der Waals surface area contributed by atoms with Crippen LogP contribution in [-0.2, 0) is 0 Å². The second-order valence-corrected chi connectivity index (χ2v) is 27.0. The van der Waals surface area contributed by atoms with Crippen molar-refractivity contribution in [3.63, 3.8) is 0 Å².